The fourth-order valence-corrected chi connectivity index (χ4v) is 3.67. The lowest BCUT2D eigenvalue weighted by molar-refractivity contribution is -0.384. The Morgan fingerprint density at radius 3 is 2.43 bits per heavy atom. The van der Waals surface area contributed by atoms with Gasteiger partial charge in [0.05, 0.1) is 12.0 Å². The molecule has 0 radical (unpaired) electrons. The van der Waals surface area contributed by atoms with Crippen molar-refractivity contribution < 1.29 is 19.1 Å². The molecule has 0 atom stereocenters. The second-order valence-corrected chi connectivity index (χ2v) is 7.01. The first-order valence-electron chi connectivity index (χ1n) is 9.27. The summed E-state index contributed by atoms with van der Waals surface area (Å²) in [5.74, 6) is 2.11. The predicted octanol–water partition coefficient (Wildman–Crippen LogP) is 2.65. The molecule has 2 aromatic carbocycles. The second-order valence-electron chi connectivity index (χ2n) is 7.01. The Balaban J connectivity index is 1.34. The minimum atomic E-state index is -0.346. The topological polar surface area (TPSA) is 77.3 Å². The van der Waals surface area contributed by atoms with Crippen molar-refractivity contribution in [1.82, 2.24) is 9.80 Å². The highest BCUT2D eigenvalue weighted by atomic mass is 16.7. The van der Waals surface area contributed by atoms with Crippen molar-refractivity contribution in [3.63, 3.8) is 0 Å². The van der Waals surface area contributed by atoms with E-state index in [0.29, 0.717) is 11.5 Å². The van der Waals surface area contributed by atoms with Gasteiger partial charge in [0, 0.05) is 51.4 Å². The third-order valence-corrected chi connectivity index (χ3v) is 5.12. The van der Waals surface area contributed by atoms with Gasteiger partial charge in [-0.25, -0.2) is 0 Å². The summed E-state index contributed by atoms with van der Waals surface area (Å²) in [6.07, 6.45) is 0. The maximum atomic E-state index is 10.9. The van der Waals surface area contributed by atoms with Crippen molar-refractivity contribution in [2.75, 3.05) is 40.1 Å². The van der Waals surface area contributed by atoms with Gasteiger partial charge in [-0.3, -0.25) is 19.9 Å². The van der Waals surface area contributed by atoms with Crippen LogP contribution in [0, 0.1) is 10.1 Å². The molecule has 28 heavy (non-hydrogen) atoms. The van der Waals surface area contributed by atoms with Crippen LogP contribution < -0.4 is 14.2 Å². The molecule has 8 nitrogen and oxygen atoms in total. The van der Waals surface area contributed by atoms with Crippen LogP contribution in [0.15, 0.2) is 36.4 Å². The molecule has 0 amide bonds. The lowest BCUT2D eigenvalue weighted by Gasteiger charge is -2.34. The van der Waals surface area contributed by atoms with Crippen molar-refractivity contribution in [2.45, 2.75) is 13.1 Å². The predicted molar refractivity (Wildman–Crippen MR) is 103 cm³/mol. The number of nitro benzene ring substituents is 1. The van der Waals surface area contributed by atoms with Crippen molar-refractivity contribution >= 4 is 5.69 Å². The minimum absolute atomic E-state index is 0.146. The molecular weight excluding hydrogens is 362 g/mol. The van der Waals surface area contributed by atoms with Gasteiger partial charge in [-0.2, -0.15) is 0 Å². The number of rotatable bonds is 6. The van der Waals surface area contributed by atoms with Crippen LogP contribution in [0.25, 0.3) is 0 Å². The van der Waals surface area contributed by atoms with E-state index in [-0.39, 0.29) is 17.4 Å². The highest BCUT2D eigenvalue weighted by molar-refractivity contribution is 5.55. The van der Waals surface area contributed by atoms with Crippen LogP contribution in [0.5, 0.6) is 17.2 Å². The zero-order valence-corrected chi connectivity index (χ0v) is 15.8. The molecule has 0 aromatic heterocycles. The van der Waals surface area contributed by atoms with E-state index >= 15 is 0 Å². The number of piperazine rings is 1. The average molecular weight is 385 g/mol. The Hall–Kier alpha value is -2.84. The van der Waals surface area contributed by atoms with Gasteiger partial charge in [0.15, 0.2) is 11.5 Å². The van der Waals surface area contributed by atoms with E-state index in [1.165, 1.54) is 6.07 Å². The van der Waals surface area contributed by atoms with Gasteiger partial charge in [0.2, 0.25) is 12.5 Å². The summed E-state index contributed by atoms with van der Waals surface area (Å²) < 4.78 is 16.4. The summed E-state index contributed by atoms with van der Waals surface area (Å²) in [5.41, 5.74) is 2.25. The Morgan fingerprint density at radius 2 is 1.75 bits per heavy atom. The van der Waals surface area contributed by atoms with Gasteiger partial charge < -0.3 is 14.2 Å². The summed E-state index contributed by atoms with van der Waals surface area (Å²) in [5, 5.41) is 10.9. The number of methoxy groups -OCH3 is 1. The van der Waals surface area contributed by atoms with Crippen molar-refractivity contribution in [1.29, 1.82) is 0 Å². The molecule has 148 valence electrons. The monoisotopic (exact) mass is 385 g/mol. The van der Waals surface area contributed by atoms with E-state index in [2.05, 4.69) is 9.80 Å². The zero-order valence-electron chi connectivity index (χ0n) is 15.8. The van der Waals surface area contributed by atoms with E-state index in [0.717, 1.165) is 56.1 Å². The summed E-state index contributed by atoms with van der Waals surface area (Å²) in [4.78, 5) is 15.3. The standard InChI is InChI=1S/C20H23N3O5/c1-26-18-10-16(11-19-20(18)28-14-27-19)13-22-7-5-21(6-8-22)12-15-3-2-4-17(9-15)23(24)25/h2-4,9-11H,5-8,12-14H2,1H3. The lowest BCUT2D eigenvalue weighted by Crippen LogP contribution is -2.45. The van der Waals surface area contributed by atoms with E-state index in [4.69, 9.17) is 14.2 Å². The molecule has 0 unspecified atom stereocenters. The van der Waals surface area contributed by atoms with E-state index in [1.807, 2.05) is 18.2 Å². The SMILES string of the molecule is COc1cc(CN2CCN(Cc3cccc([N+](=O)[O-])c3)CC2)cc2c1OCO2. The van der Waals surface area contributed by atoms with Gasteiger partial charge in [-0.05, 0) is 23.3 Å². The number of hydrogen-bond acceptors (Lipinski definition) is 7. The summed E-state index contributed by atoms with van der Waals surface area (Å²) in [7, 11) is 1.63. The largest absolute Gasteiger partial charge is 0.493 e. The molecular formula is C20H23N3O5. The Morgan fingerprint density at radius 1 is 1.04 bits per heavy atom. The fraction of sp³-hybridized carbons (Fsp3) is 0.400. The molecule has 1 fully saturated rings. The van der Waals surface area contributed by atoms with Gasteiger partial charge in [-0.15, -0.1) is 0 Å². The second kappa shape index (κ2) is 8.04. The smallest absolute Gasteiger partial charge is 0.269 e. The number of non-ortho nitro benzene ring substituents is 1. The van der Waals surface area contributed by atoms with Crippen molar-refractivity contribution in [2.24, 2.45) is 0 Å². The number of ether oxygens (including phenoxy) is 3. The molecule has 0 spiro atoms. The third-order valence-electron chi connectivity index (χ3n) is 5.12. The van der Waals surface area contributed by atoms with Crippen LogP contribution in [0.4, 0.5) is 5.69 Å². The minimum Gasteiger partial charge on any atom is -0.493 e. The molecule has 2 heterocycles. The number of nitrogens with zero attached hydrogens (tertiary/aromatic N) is 3. The molecule has 0 N–H and O–H groups in total. The van der Waals surface area contributed by atoms with Gasteiger partial charge >= 0.3 is 0 Å². The number of nitro groups is 1. The molecule has 4 rings (SSSR count). The number of hydrogen-bond donors (Lipinski definition) is 0. The molecule has 2 aliphatic heterocycles. The molecule has 0 saturated carbocycles. The van der Waals surface area contributed by atoms with Crippen LogP contribution >= 0.6 is 0 Å². The quantitative estimate of drug-likeness (QED) is 0.559. The Kier molecular flexibility index (Phi) is 5.31. The van der Waals surface area contributed by atoms with E-state index in [1.54, 1.807) is 19.2 Å². The molecule has 2 aromatic rings. The summed E-state index contributed by atoms with van der Waals surface area (Å²) in [6.45, 7) is 5.49. The third kappa shape index (κ3) is 4.02. The van der Waals surface area contributed by atoms with Gasteiger partial charge in [0.25, 0.3) is 5.69 Å². The Bertz CT molecular complexity index is 865. The molecule has 2 aliphatic rings. The van der Waals surface area contributed by atoms with Crippen LogP contribution in [-0.4, -0.2) is 54.8 Å². The first kappa shape index (κ1) is 18.5. The highest BCUT2D eigenvalue weighted by Crippen LogP contribution is 2.42. The van der Waals surface area contributed by atoms with Gasteiger partial charge in [-0.1, -0.05) is 12.1 Å². The highest BCUT2D eigenvalue weighted by Gasteiger charge is 2.22. The van der Waals surface area contributed by atoms with Crippen LogP contribution in [0.1, 0.15) is 11.1 Å². The molecule has 1 saturated heterocycles. The first-order valence-corrected chi connectivity index (χ1v) is 9.27. The zero-order chi connectivity index (χ0) is 19.5. The van der Waals surface area contributed by atoms with Crippen molar-refractivity contribution in [3.05, 3.63) is 57.6 Å². The summed E-state index contributed by atoms with van der Waals surface area (Å²) >= 11 is 0. The van der Waals surface area contributed by atoms with Gasteiger partial charge in [0.1, 0.15) is 0 Å². The fourth-order valence-electron chi connectivity index (χ4n) is 3.67. The van der Waals surface area contributed by atoms with Crippen LogP contribution in [0.2, 0.25) is 0 Å². The Labute approximate surface area is 163 Å². The maximum absolute atomic E-state index is 10.9. The normalized spacial score (nSPS) is 16.9. The van der Waals surface area contributed by atoms with Crippen LogP contribution in [0.3, 0.4) is 0 Å². The summed E-state index contributed by atoms with van der Waals surface area (Å²) in [6, 6.07) is 10.9. The number of benzene rings is 2. The first-order chi connectivity index (χ1) is 13.6. The maximum Gasteiger partial charge on any atom is 0.269 e. The number of fused-ring (bicyclic) bond motifs is 1. The lowest BCUT2D eigenvalue weighted by atomic mass is 10.1. The molecule has 0 aliphatic carbocycles. The molecule has 8 heteroatoms. The van der Waals surface area contributed by atoms with Crippen LogP contribution in [-0.2, 0) is 13.1 Å². The van der Waals surface area contributed by atoms with Crippen molar-refractivity contribution in [3.8, 4) is 17.2 Å². The molecule has 0 bridgehead atoms. The average Bonchev–Trinajstić information content (AvgIpc) is 3.18. The van der Waals surface area contributed by atoms with E-state index < -0.39 is 0 Å². The van der Waals surface area contributed by atoms with E-state index in [9.17, 15) is 10.1 Å².